The van der Waals surface area contributed by atoms with Crippen molar-refractivity contribution in [3.8, 4) is 0 Å². The lowest BCUT2D eigenvalue weighted by Gasteiger charge is -2.17. The van der Waals surface area contributed by atoms with Crippen LogP contribution in [-0.2, 0) is 14.3 Å². The summed E-state index contributed by atoms with van der Waals surface area (Å²) in [7, 11) is 1.50. The normalized spacial score (nSPS) is 11.5. The molecule has 0 bridgehead atoms. The molecular formula is C11H20N2O6. The third kappa shape index (κ3) is 7.98. The molecule has 1 atom stereocenters. The van der Waals surface area contributed by atoms with Crippen LogP contribution < -0.4 is 5.32 Å². The predicted molar refractivity (Wildman–Crippen MR) is 65.5 cm³/mol. The van der Waals surface area contributed by atoms with Crippen LogP contribution in [0.3, 0.4) is 0 Å². The molecule has 0 aromatic carbocycles. The number of nitrogens with one attached hydrogen (secondary N) is 1. The minimum atomic E-state index is -1.50. The molecule has 0 radical (unpaired) electrons. The van der Waals surface area contributed by atoms with E-state index in [-0.39, 0.29) is 31.9 Å². The molecule has 0 rings (SSSR count). The van der Waals surface area contributed by atoms with E-state index in [1.165, 1.54) is 11.9 Å². The van der Waals surface area contributed by atoms with Crippen LogP contribution in [-0.4, -0.2) is 65.9 Å². The third-order valence-electron chi connectivity index (χ3n) is 2.28. The number of amides is 2. The first-order valence-electron chi connectivity index (χ1n) is 5.94. The lowest BCUT2D eigenvalue weighted by molar-refractivity contribution is -0.147. The van der Waals surface area contributed by atoms with Crippen LogP contribution in [0.2, 0.25) is 0 Å². The smallest absolute Gasteiger partial charge is 0.332 e. The van der Waals surface area contributed by atoms with Crippen molar-refractivity contribution in [2.45, 2.75) is 25.9 Å². The molecule has 0 aromatic heterocycles. The van der Waals surface area contributed by atoms with Gasteiger partial charge in [0.2, 0.25) is 0 Å². The quantitative estimate of drug-likeness (QED) is 0.511. The highest BCUT2D eigenvalue weighted by Crippen LogP contribution is 1.94. The van der Waals surface area contributed by atoms with E-state index in [1.807, 2.05) is 0 Å². The number of aliphatic carboxylic acids is 1. The number of nitrogens with zero attached hydrogens (tertiary/aromatic N) is 1. The lowest BCUT2D eigenvalue weighted by Crippen LogP contribution is -2.40. The number of aliphatic hydroxyl groups excluding tert-OH is 1. The van der Waals surface area contributed by atoms with Gasteiger partial charge in [0.1, 0.15) is 0 Å². The fourth-order valence-corrected chi connectivity index (χ4v) is 1.17. The van der Waals surface area contributed by atoms with Crippen molar-refractivity contribution in [2.24, 2.45) is 0 Å². The number of urea groups is 1. The summed E-state index contributed by atoms with van der Waals surface area (Å²) >= 11 is 0. The molecule has 0 aliphatic carbocycles. The Morgan fingerprint density at radius 2 is 2.00 bits per heavy atom. The number of rotatable bonds is 8. The van der Waals surface area contributed by atoms with Crippen molar-refractivity contribution in [1.82, 2.24) is 10.2 Å². The second kappa shape index (κ2) is 9.15. The van der Waals surface area contributed by atoms with Gasteiger partial charge in [-0.2, -0.15) is 0 Å². The zero-order chi connectivity index (χ0) is 14.8. The zero-order valence-electron chi connectivity index (χ0n) is 11.1. The SMILES string of the molecule is CCOC(=O)CCN(C)C(=O)NCC[C@H](O)C(=O)O. The molecule has 0 aliphatic heterocycles. The first kappa shape index (κ1) is 17.2. The van der Waals surface area contributed by atoms with Crippen LogP contribution in [0.5, 0.6) is 0 Å². The maximum absolute atomic E-state index is 11.5. The summed E-state index contributed by atoms with van der Waals surface area (Å²) in [4.78, 5) is 34.2. The van der Waals surface area contributed by atoms with Crippen molar-refractivity contribution >= 4 is 18.0 Å². The molecule has 0 saturated carbocycles. The van der Waals surface area contributed by atoms with Gasteiger partial charge in [-0.15, -0.1) is 0 Å². The summed E-state index contributed by atoms with van der Waals surface area (Å²) in [6, 6.07) is -0.443. The topological polar surface area (TPSA) is 116 Å². The summed E-state index contributed by atoms with van der Waals surface area (Å²) in [5.74, 6) is -1.71. The van der Waals surface area contributed by atoms with Gasteiger partial charge in [0.25, 0.3) is 0 Å². The maximum Gasteiger partial charge on any atom is 0.332 e. The summed E-state index contributed by atoms with van der Waals surface area (Å²) in [6.07, 6.45) is -1.48. The Morgan fingerprint density at radius 3 is 2.53 bits per heavy atom. The van der Waals surface area contributed by atoms with E-state index < -0.39 is 18.1 Å². The van der Waals surface area contributed by atoms with Crippen LogP contribution in [0.1, 0.15) is 19.8 Å². The molecule has 0 aliphatic rings. The summed E-state index contributed by atoms with van der Waals surface area (Å²) in [6.45, 7) is 2.23. The maximum atomic E-state index is 11.5. The Morgan fingerprint density at radius 1 is 1.37 bits per heavy atom. The van der Waals surface area contributed by atoms with Gasteiger partial charge < -0.3 is 25.2 Å². The highest BCUT2D eigenvalue weighted by Gasteiger charge is 2.14. The van der Waals surface area contributed by atoms with Gasteiger partial charge in [0.05, 0.1) is 13.0 Å². The third-order valence-corrected chi connectivity index (χ3v) is 2.28. The van der Waals surface area contributed by atoms with Crippen molar-refractivity contribution in [1.29, 1.82) is 0 Å². The molecule has 0 unspecified atom stereocenters. The molecule has 0 heterocycles. The number of ether oxygens (including phenoxy) is 1. The molecule has 0 saturated heterocycles. The van der Waals surface area contributed by atoms with Crippen LogP contribution in [0, 0.1) is 0 Å². The first-order valence-corrected chi connectivity index (χ1v) is 5.94. The van der Waals surface area contributed by atoms with E-state index in [4.69, 9.17) is 14.9 Å². The van der Waals surface area contributed by atoms with Crippen LogP contribution in [0.15, 0.2) is 0 Å². The van der Waals surface area contributed by atoms with Gasteiger partial charge in [-0.3, -0.25) is 4.79 Å². The minimum absolute atomic E-state index is 0.0377. The fraction of sp³-hybridized carbons (Fsp3) is 0.727. The lowest BCUT2D eigenvalue weighted by atomic mass is 10.2. The number of carbonyl (C=O) groups is 3. The van der Waals surface area contributed by atoms with E-state index in [2.05, 4.69) is 5.32 Å². The highest BCUT2D eigenvalue weighted by molar-refractivity contribution is 5.75. The van der Waals surface area contributed by atoms with Crippen LogP contribution >= 0.6 is 0 Å². The second-order valence-electron chi connectivity index (χ2n) is 3.85. The van der Waals surface area contributed by atoms with Crippen molar-refractivity contribution < 1.29 is 29.3 Å². The number of carboxylic acids is 1. The minimum Gasteiger partial charge on any atom is -0.479 e. The molecule has 0 aromatic rings. The van der Waals surface area contributed by atoms with Gasteiger partial charge in [0.15, 0.2) is 6.10 Å². The Labute approximate surface area is 111 Å². The number of carboxylic acid groups (broad SMARTS) is 1. The molecule has 3 N–H and O–H groups in total. The Hall–Kier alpha value is -1.83. The first-order chi connectivity index (χ1) is 8.88. The van der Waals surface area contributed by atoms with E-state index in [9.17, 15) is 14.4 Å². The molecule has 0 spiro atoms. The van der Waals surface area contributed by atoms with Crippen molar-refractivity contribution in [2.75, 3.05) is 26.7 Å². The predicted octanol–water partition coefficient (Wildman–Crippen LogP) is -0.583. The average Bonchev–Trinajstić information content (AvgIpc) is 2.35. The van der Waals surface area contributed by atoms with Crippen LogP contribution in [0.4, 0.5) is 4.79 Å². The molecule has 0 fully saturated rings. The van der Waals surface area contributed by atoms with Crippen LogP contribution in [0.25, 0.3) is 0 Å². The Kier molecular flexibility index (Phi) is 8.27. The van der Waals surface area contributed by atoms with E-state index in [0.717, 1.165) is 0 Å². The van der Waals surface area contributed by atoms with Gasteiger partial charge in [0, 0.05) is 26.6 Å². The molecule has 8 nitrogen and oxygen atoms in total. The fourth-order valence-electron chi connectivity index (χ4n) is 1.17. The molecule has 19 heavy (non-hydrogen) atoms. The average molecular weight is 276 g/mol. The molecule has 8 heteroatoms. The van der Waals surface area contributed by atoms with Crippen molar-refractivity contribution in [3.63, 3.8) is 0 Å². The zero-order valence-corrected chi connectivity index (χ0v) is 11.1. The number of esters is 1. The van der Waals surface area contributed by atoms with Gasteiger partial charge >= 0.3 is 18.0 Å². The van der Waals surface area contributed by atoms with E-state index in [1.54, 1.807) is 6.92 Å². The van der Waals surface area contributed by atoms with Gasteiger partial charge in [-0.05, 0) is 6.92 Å². The van der Waals surface area contributed by atoms with E-state index in [0.29, 0.717) is 6.61 Å². The van der Waals surface area contributed by atoms with Crippen molar-refractivity contribution in [3.05, 3.63) is 0 Å². The van der Waals surface area contributed by atoms with E-state index >= 15 is 0 Å². The number of hydrogen-bond donors (Lipinski definition) is 3. The highest BCUT2D eigenvalue weighted by atomic mass is 16.5. The second-order valence-corrected chi connectivity index (χ2v) is 3.85. The summed E-state index contributed by atoms with van der Waals surface area (Å²) in [5.41, 5.74) is 0. The molecule has 110 valence electrons. The largest absolute Gasteiger partial charge is 0.479 e. The van der Waals surface area contributed by atoms with Gasteiger partial charge in [-0.1, -0.05) is 0 Å². The standard InChI is InChI=1S/C11H20N2O6/c1-3-19-9(15)5-7-13(2)11(18)12-6-4-8(14)10(16)17/h8,14H,3-7H2,1-2H3,(H,12,18)(H,16,17)/t8-/m0/s1. The Bertz CT molecular complexity index is 320. The monoisotopic (exact) mass is 276 g/mol. The number of aliphatic hydroxyl groups is 1. The molecular weight excluding hydrogens is 256 g/mol. The number of hydrogen-bond acceptors (Lipinski definition) is 5. The number of carbonyl (C=O) groups excluding carboxylic acids is 2. The Balaban J connectivity index is 3.82. The summed E-state index contributed by atoms with van der Waals surface area (Å²) < 4.78 is 4.72. The summed E-state index contributed by atoms with van der Waals surface area (Å²) in [5, 5.41) is 19.9. The molecule has 2 amide bonds. The van der Waals surface area contributed by atoms with Gasteiger partial charge in [-0.25, -0.2) is 9.59 Å².